The summed E-state index contributed by atoms with van der Waals surface area (Å²) in [6.07, 6.45) is 2.14. The van der Waals surface area contributed by atoms with Crippen molar-refractivity contribution in [3.63, 3.8) is 0 Å². The molecule has 0 amide bonds. The van der Waals surface area contributed by atoms with Crippen LogP contribution in [0.1, 0.15) is 20.3 Å². The van der Waals surface area contributed by atoms with Gasteiger partial charge in [-0.1, -0.05) is 13.8 Å². The van der Waals surface area contributed by atoms with Gasteiger partial charge in [-0.3, -0.25) is 0 Å². The monoisotopic (exact) mass is 232 g/mol. The maximum Gasteiger partial charge on any atom is 0.332 e. The Bertz CT molecular complexity index is 281. The smallest absolute Gasteiger partial charge is 0.332 e. The van der Waals surface area contributed by atoms with Crippen molar-refractivity contribution in [1.29, 1.82) is 0 Å². The third-order valence-electron chi connectivity index (χ3n) is 1.95. The summed E-state index contributed by atoms with van der Waals surface area (Å²) >= 11 is 1.50. The van der Waals surface area contributed by atoms with Gasteiger partial charge in [0.2, 0.25) is 0 Å². The molecule has 0 aromatic rings. The first kappa shape index (κ1) is 14.0. The predicted molar refractivity (Wildman–Crippen MR) is 60.1 cm³/mol. The van der Waals surface area contributed by atoms with Crippen molar-refractivity contribution in [3.8, 4) is 0 Å². The molecule has 0 heterocycles. The van der Waals surface area contributed by atoms with Gasteiger partial charge >= 0.3 is 11.9 Å². The molecule has 0 bridgehead atoms. The van der Waals surface area contributed by atoms with E-state index in [4.69, 9.17) is 10.2 Å². The van der Waals surface area contributed by atoms with Crippen molar-refractivity contribution in [2.45, 2.75) is 20.3 Å². The van der Waals surface area contributed by atoms with Crippen LogP contribution in [0.2, 0.25) is 0 Å². The van der Waals surface area contributed by atoms with Crippen LogP contribution in [0.3, 0.4) is 0 Å². The van der Waals surface area contributed by atoms with Gasteiger partial charge in [0.25, 0.3) is 0 Å². The van der Waals surface area contributed by atoms with Gasteiger partial charge in [0, 0.05) is 11.1 Å². The highest BCUT2D eigenvalue weighted by Gasteiger charge is 2.22. The largest absolute Gasteiger partial charge is 0.478 e. The Morgan fingerprint density at radius 2 is 1.73 bits per heavy atom. The molecule has 0 aliphatic heterocycles. The summed E-state index contributed by atoms with van der Waals surface area (Å²) in [4.78, 5) is 21.8. The fourth-order valence-electron chi connectivity index (χ4n) is 1.29. The second-order valence-electron chi connectivity index (χ2n) is 3.40. The van der Waals surface area contributed by atoms with Gasteiger partial charge in [-0.15, -0.1) is 0 Å². The Morgan fingerprint density at radius 1 is 1.20 bits per heavy atom. The van der Waals surface area contributed by atoms with Crippen molar-refractivity contribution in [3.05, 3.63) is 11.1 Å². The highest BCUT2D eigenvalue weighted by atomic mass is 32.2. The van der Waals surface area contributed by atoms with Crippen LogP contribution in [0.4, 0.5) is 0 Å². The summed E-state index contributed by atoms with van der Waals surface area (Å²) in [5.41, 5.74) is 0.0309. The number of thioether (sulfide) groups is 1. The summed E-state index contributed by atoms with van der Waals surface area (Å²) in [5.74, 6) is -1.93. The molecule has 0 rings (SSSR count). The zero-order chi connectivity index (χ0) is 12.0. The molecule has 4 nitrogen and oxygen atoms in total. The zero-order valence-electron chi connectivity index (χ0n) is 9.11. The molecule has 0 aliphatic carbocycles. The average molecular weight is 232 g/mol. The van der Waals surface area contributed by atoms with Gasteiger partial charge < -0.3 is 10.2 Å². The molecule has 0 aliphatic rings. The van der Waals surface area contributed by atoms with E-state index in [2.05, 4.69) is 0 Å². The third-order valence-corrected chi connectivity index (χ3v) is 2.56. The normalized spacial score (nSPS) is 12.5. The van der Waals surface area contributed by atoms with Crippen molar-refractivity contribution in [2.24, 2.45) is 5.92 Å². The Morgan fingerprint density at radius 3 is 2.00 bits per heavy atom. The van der Waals surface area contributed by atoms with Gasteiger partial charge in [0.05, 0.1) is 0 Å². The van der Waals surface area contributed by atoms with Gasteiger partial charge in [-0.25, -0.2) is 9.59 Å². The Kier molecular flexibility index (Phi) is 6.08. The van der Waals surface area contributed by atoms with Gasteiger partial charge in [-0.05, 0) is 24.3 Å². The van der Waals surface area contributed by atoms with Crippen LogP contribution in [0.25, 0.3) is 0 Å². The SMILES string of the molecule is CSCC/C(C(=O)O)=C(\C(=O)O)C(C)C. The van der Waals surface area contributed by atoms with Crippen LogP contribution in [-0.4, -0.2) is 34.2 Å². The highest BCUT2D eigenvalue weighted by molar-refractivity contribution is 7.98. The lowest BCUT2D eigenvalue weighted by Crippen LogP contribution is -2.16. The van der Waals surface area contributed by atoms with Gasteiger partial charge in [-0.2, -0.15) is 11.8 Å². The summed E-state index contributed by atoms with van der Waals surface area (Å²) in [6.45, 7) is 3.37. The van der Waals surface area contributed by atoms with Crippen LogP contribution < -0.4 is 0 Å². The Labute approximate surface area is 93.4 Å². The number of carbonyl (C=O) groups is 2. The van der Waals surface area contributed by atoms with E-state index in [0.29, 0.717) is 5.75 Å². The lowest BCUT2D eigenvalue weighted by atomic mass is 9.96. The topological polar surface area (TPSA) is 74.6 Å². The Hall–Kier alpha value is -0.970. The number of hydrogen-bond donors (Lipinski definition) is 2. The molecule has 0 radical (unpaired) electrons. The first-order chi connectivity index (χ1) is 6.91. The number of hydrogen-bond acceptors (Lipinski definition) is 3. The standard InChI is InChI=1S/C10H16O4S/c1-6(2)8(10(13)14)7(9(11)12)4-5-15-3/h6H,4-5H2,1-3H3,(H,11,12)(H,13,14)/b8-7+. The zero-order valence-corrected chi connectivity index (χ0v) is 9.93. The van der Waals surface area contributed by atoms with Crippen molar-refractivity contribution < 1.29 is 19.8 Å². The van der Waals surface area contributed by atoms with Crippen molar-refractivity contribution >= 4 is 23.7 Å². The first-order valence-electron chi connectivity index (χ1n) is 4.60. The number of aliphatic carboxylic acids is 2. The van der Waals surface area contributed by atoms with E-state index in [1.54, 1.807) is 13.8 Å². The molecule has 0 aromatic heterocycles. The van der Waals surface area contributed by atoms with E-state index in [0.717, 1.165) is 0 Å². The molecule has 0 unspecified atom stereocenters. The summed E-state index contributed by atoms with van der Waals surface area (Å²) in [5, 5.41) is 17.9. The molecule has 5 heteroatoms. The van der Waals surface area contributed by atoms with E-state index < -0.39 is 11.9 Å². The second-order valence-corrected chi connectivity index (χ2v) is 4.39. The predicted octanol–water partition coefficient (Wildman–Crippen LogP) is 1.86. The van der Waals surface area contributed by atoms with Crippen LogP contribution in [0, 0.1) is 5.92 Å². The second kappa shape index (κ2) is 6.50. The van der Waals surface area contributed by atoms with Crippen LogP contribution in [0.5, 0.6) is 0 Å². The average Bonchev–Trinajstić information content (AvgIpc) is 2.09. The van der Waals surface area contributed by atoms with Crippen molar-refractivity contribution in [2.75, 3.05) is 12.0 Å². The molecule has 0 atom stereocenters. The number of carboxylic acids is 2. The quantitative estimate of drug-likeness (QED) is 0.684. The van der Waals surface area contributed by atoms with Gasteiger partial charge in [0.15, 0.2) is 0 Å². The third kappa shape index (κ3) is 4.38. The fraction of sp³-hybridized carbons (Fsp3) is 0.600. The molecule has 15 heavy (non-hydrogen) atoms. The van der Waals surface area contributed by atoms with E-state index in [9.17, 15) is 9.59 Å². The maximum absolute atomic E-state index is 10.9. The lowest BCUT2D eigenvalue weighted by Gasteiger charge is -2.11. The molecule has 0 saturated heterocycles. The maximum atomic E-state index is 10.9. The number of rotatable bonds is 6. The number of carboxylic acid groups (broad SMARTS) is 2. The lowest BCUT2D eigenvalue weighted by molar-refractivity contribution is -0.136. The molecule has 0 aromatic carbocycles. The minimum atomic E-state index is -1.14. The minimum absolute atomic E-state index is 0.0107. The van der Waals surface area contributed by atoms with Crippen molar-refractivity contribution in [1.82, 2.24) is 0 Å². The molecule has 86 valence electrons. The molecular formula is C10H16O4S. The molecular weight excluding hydrogens is 216 g/mol. The summed E-state index contributed by atoms with van der Waals surface area (Å²) < 4.78 is 0. The summed E-state index contributed by atoms with van der Waals surface area (Å²) in [6, 6.07) is 0. The highest BCUT2D eigenvalue weighted by Crippen LogP contribution is 2.19. The van der Waals surface area contributed by atoms with E-state index in [1.807, 2.05) is 6.26 Å². The molecule has 0 saturated carbocycles. The van der Waals surface area contributed by atoms with E-state index in [1.165, 1.54) is 11.8 Å². The molecule has 2 N–H and O–H groups in total. The van der Waals surface area contributed by atoms with Crippen LogP contribution in [0.15, 0.2) is 11.1 Å². The van der Waals surface area contributed by atoms with E-state index in [-0.39, 0.29) is 23.5 Å². The van der Waals surface area contributed by atoms with E-state index >= 15 is 0 Å². The fourth-order valence-corrected chi connectivity index (χ4v) is 1.69. The molecule has 0 spiro atoms. The Balaban J connectivity index is 5.16. The van der Waals surface area contributed by atoms with Crippen LogP contribution >= 0.6 is 11.8 Å². The minimum Gasteiger partial charge on any atom is -0.478 e. The van der Waals surface area contributed by atoms with Gasteiger partial charge in [0.1, 0.15) is 0 Å². The van der Waals surface area contributed by atoms with Crippen LogP contribution in [-0.2, 0) is 9.59 Å². The molecule has 0 fully saturated rings. The summed E-state index contributed by atoms with van der Waals surface area (Å²) in [7, 11) is 0. The first-order valence-corrected chi connectivity index (χ1v) is 5.99.